The third-order valence-corrected chi connectivity index (χ3v) is 11.5. The van der Waals surface area contributed by atoms with E-state index in [1.807, 2.05) is 98.9 Å². The number of para-hydroxylation sites is 4. The van der Waals surface area contributed by atoms with Gasteiger partial charge < -0.3 is 18.0 Å². The molecule has 60 heavy (non-hydrogen) atoms. The zero-order valence-corrected chi connectivity index (χ0v) is 32.9. The first-order valence-corrected chi connectivity index (χ1v) is 20.1. The third-order valence-electron chi connectivity index (χ3n) is 11.5. The van der Waals surface area contributed by atoms with Crippen LogP contribution in [0.15, 0.2) is 191 Å². The van der Waals surface area contributed by atoms with Crippen LogP contribution in [0.1, 0.15) is 19.4 Å². The Kier molecular flexibility index (Phi) is 8.21. The van der Waals surface area contributed by atoms with Crippen molar-refractivity contribution < 1.29 is 8.83 Å². The monoisotopic (exact) mass is 772 g/mol. The van der Waals surface area contributed by atoms with Gasteiger partial charge in [-0.25, -0.2) is 0 Å². The van der Waals surface area contributed by atoms with Crippen LogP contribution in [-0.2, 0) is 0 Å². The van der Waals surface area contributed by atoms with Gasteiger partial charge in [0.05, 0.1) is 55.9 Å². The molecule has 0 spiro atoms. The molecule has 12 rings (SSSR count). The molecule has 284 valence electrons. The van der Waals surface area contributed by atoms with Gasteiger partial charge >= 0.3 is 0 Å². The van der Waals surface area contributed by atoms with E-state index in [-0.39, 0.29) is 0 Å². The summed E-state index contributed by atoms with van der Waals surface area (Å²) in [5.74, 6) is 0. The number of allylic oxidation sites excluding steroid dienone is 4. The molecule has 7 aromatic carbocycles. The molecule has 0 radical (unpaired) electrons. The van der Waals surface area contributed by atoms with E-state index < -0.39 is 0 Å². The number of rotatable bonds is 4. The van der Waals surface area contributed by atoms with Gasteiger partial charge in [-0.2, -0.15) is 5.26 Å². The molecule has 6 nitrogen and oxygen atoms in total. The lowest BCUT2D eigenvalue weighted by molar-refractivity contribution is 0.672. The minimum Gasteiger partial charge on any atom is -0.455 e. The second-order valence-corrected chi connectivity index (χ2v) is 14.9. The highest BCUT2D eigenvalue weighted by atomic mass is 16.3. The fourth-order valence-electron chi connectivity index (χ4n) is 8.94. The maximum Gasteiger partial charge on any atom is 0.145 e. The van der Waals surface area contributed by atoms with Gasteiger partial charge in [-0.1, -0.05) is 97.1 Å². The van der Waals surface area contributed by atoms with Gasteiger partial charge in [0.2, 0.25) is 0 Å². The molecule has 0 saturated heterocycles. The van der Waals surface area contributed by atoms with Crippen LogP contribution in [0.5, 0.6) is 0 Å². The lowest BCUT2D eigenvalue weighted by Crippen LogP contribution is -2.00. The number of aromatic nitrogens is 3. The third kappa shape index (κ3) is 5.30. The maximum atomic E-state index is 10.1. The van der Waals surface area contributed by atoms with E-state index in [9.17, 15) is 5.26 Å². The average Bonchev–Trinajstić information content (AvgIpc) is 4.06. The fourth-order valence-corrected chi connectivity index (χ4v) is 8.94. The van der Waals surface area contributed by atoms with Crippen molar-refractivity contribution in [3.05, 3.63) is 188 Å². The molecule has 5 aromatic heterocycles. The number of fused-ring (bicyclic) bond motifs is 14. The van der Waals surface area contributed by atoms with E-state index in [2.05, 4.69) is 112 Å². The van der Waals surface area contributed by atoms with Crippen molar-refractivity contribution in [1.29, 1.82) is 5.26 Å². The molecule has 0 fully saturated rings. The number of nitriles is 1. The molecule has 0 aliphatic heterocycles. The lowest BCUT2D eigenvalue weighted by Gasteiger charge is -2.15. The summed E-state index contributed by atoms with van der Waals surface area (Å²) >= 11 is 0. The number of hydrogen-bond acceptors (Lipinski definition) is 4. The van der Waals surface area contributed by atoms with Crippen LogP contribution >= 0.6 is 0 Å². The highest BCUT2D eigenvalue weighted by Gasteiger charge is 2.22. The number of benzene rings is 7. The standard InChI is InChI=1S/C48H26N4O2.C6H10/c49-27-28-17-20-40(52-39-14-6-2-12-35(39)46-42(52)22-19-33-31-10-4-8-16-44(31)54-48(33)46)36(25-28)37-26-29(23-24-50-37)51-38-13-5-1-11-34(38)45-41(51)21-18-32-30-9-3-7-15-43(30)53-47(32)45;1-3-5-6-4-2/h1-26H;3-6H,1-2H3/b;5-3-,6-4-. The summed E-state index contributed by atoms with van der Waals surface area (Å²) < 4.78 is 17.7. The van der Waals surface area contributed by atoms with Gasteiger partial charge in [0.1, 0.15) is 22.3 Å². The smallest absolute Gasteiger partial charge is 0.145 e. The van der Waals surface area contributed by atoms with Gasteiger partial charge in [0.15, 0.2) is 0 Å². The molecule has 0 aliphatic rings. The van der Waals surface area contributed by atoms with Gasteiger partial charge in [0.25, 0.3) is 0 Å². The van der Waals surface area contributed by atoms with Gasteiger partial charge in [-0.05, 0) is 92.7 Å². The van der Waals surface area contributed by atoms with Crippen molar-refractivity contribution in [3.63, 3.8) is 0 Å². The highest BCUT2D eigenvalue weighted by Crippen LogP contribution is 2.44. The van der Waals surface area contributed by atoms with E-state index in [0.29, 0.717) is 5.56 Å². The highest BCUT2D eigenvalue weighted by molar-refractivity contribution is 6.25. The Hall–Kier alpha value is -8.14. The van der Waals surface area contributed by atoms with E-state index in [1.54, 1.807) is 0 Å². The van der Waals surface area contributed by atoms with E-state index in [1.165, 1.54) is 0 Å². The first-order valence-electron chi connectivity index (χ1n) is 20.1. The maximum absolute atomic E-state index is 10.1. The zero-order valence-electron chi connectivity index (χ0n) is 32.9. The van der Waals surface area contributed by atoms with Crippen molar-refractivity contribution in [1.82, 2.24) is 14.1 Å². The average molecular weight is 773 g/mol. The van der Waals surface area contributed by atoms with Crippen LogP contribution < -0.4 is 0 Å². The summed E-state index contributed by atoms with van der Waals surface area (Å²) in [6.07, 6.45) is 9.86. The van der Waals surface area contributed by atoms with Crippen molar-refractivity contribution >= 4 is 87.5 Å². The molecule has 0 bridgehead atoms. The number of pyridine rings is 1. The molecule has 0 N–H and O–H groups in total. The Balaban J connectivity index is 0.000000637. The fraction of sp³-hybridized carbons (Fsp3) is 0.0370. The van der Waals surface area contributed by atoms with Crippen molar-refractivity contribution in [2.75, 3.05) is 0 Å². The summed E-state index contributed by atoms with van der Waals surface area (Å²) in [4.78, 5) is 4.97. The number of nitrogens with zero attached hydrogens (tertiary/aromatic N) is 4. The molecular formula is C54H36N4O2. The predicted molar refractivity (Wildman–Crippen MR) is 247 cm³/mol. The van der Waals surface area contributed by atoms with E-state index >= 15 is 0 Å². The van der Waals surface area contributed by atoms with E-state index in [4.69, 9.17) is 13.8 Å². The molecule has 0 atom stereocenters. The quantitative estimate of drug-likeness (QED) is 0.167. The minimum absolute atomic E-state index is 0.561. The van der Waals surface area contributed by atoms with Crippen LogP contribution in [0.25, 0.3) is 110 Å². The molecule has 5 heterocycles. The first kappa shape index (κ1) is 35.1. The summed E-state index contributed by atoms with van der Waals surface area (Å²) in [6.45, 7) is 4.00. The minimum atomic E-state index is 0.561. The Morgan fingerprint density at radius 3 is 1.63 bits per heavy atom. The second-order valence-electron chi connectivity index (χ2n) is 14.9. The second kappa shape index (κ2) is 14.1. The van der Waals surface area contributed by atoms with E-state index in [0.717, 1.165) is 110 Å². The molecule has 0 unspecified atom stereocenters. The summed E-state index contributed by atoms with van der Waals surface area (Å²) in [5, 5.41) is 18.9. The summed E-state index contributed by atoms with van der Waals surface area (Å²) in [7, 11) is 0. The number of furan rings is 2. The SMILES string of the molecule is C/C=C\C=C/C.N#Cc1ccc(-n2c3ccccc3c3c4oc5ccccc5c4ccc32)c(-c2cc(-n3c4ccccc4c4c5oc6ccccc6c5ccc43)ccn2)c1. The Bertz CT molecular complexity index is 3760. The van der Waals surface area contributed by atoms with Gasteiger partial charge in [-0.3, -0.25) is 4.98 Å². The van der Waals surface area contributed by atoms with Crippen LogP contribution in [0.2, 0.25) is 0 Å². The molecule has 12 aromatic rings. The molecular weight excluding hydrogens is 737 g/mol. The molecule has 0 aliphatic carbocycles. The molecule has 6 heteroatoms. The summed E-state index contributed by atoms with van der Waals surface area (Å²) in [6, 6.07) is 54.4. The van der Waals surface area contributed by atoms with Crippen LogP contribution in [0.3, 0.4) is 0 Å². The first-order chi connectivity index (χ1) is 29.7. The largest absolute Gasteiger partial charge is 0.455 e. The molecule has 0 saturated carbocycles. The number of hydrogen-bond donors (Lipinski definition) is 0. The Morgan fingerprint density at radius 1 is 0.517 bits per heavy atom. The zero-order chi connectivity index (χ0) is 40.3. The van der Waals surface area contributed by atoms with Crippen LogP contribution in [-0.4, -0.2) is 14.1 Å². The van der Waals surface area contributed by atoms with Crippen LogP contribution in [0, 0.1) is 11.3 Å². The topological polar surface area (TPSA) is 72.8 Å². The Labute approximate surface area is 344 Å². The predicted octanol–water partition coefficient (Wildman–Crippen LogP) is 14.8. The normalized spacial score (nSPS) is 12.0. The summed E-state index contributed by atoms with van der Waals surface area (Å²) in [5.41, 5.74) is 11.7. The molecule has 0 amide bonds. The Morgan fingerprint density at radius 2 is 1.05 bits per heavy atom. The van der Waals surface area contributed by atoms with Gasteiger partial charge in [0, 0.05) is 49.8 Å². The van der Waals surface area contributed by atoms with Crippen molar-refractivity contribution in [2.24, 2.45) is 0 Å². The van der Waals surface area contributed by atoms with Crippen molar-refractivity contribution in [2.45, 2.75) is 13.8 Å². The van der Waals surface area contributed by atoms with Crippen LogP contribution in [0.4, 0.5) is 0 Å². The lowest BCUT2D eigenvalue weighted by atomic mass is 10.0. The van der Waals surface area contributed by atoms with Gasteiger partial charge in [-0.15, -0.1) is 0 Å². The van der Waals surface area contributed by atoms with Crippen molar-refractivity contribution in [3.8, 4) is 28.7 Å².